The number of likely N-dealkylation sites (N-methyl/N-ethyl adjacent to an activating group) is 1. The lowest BCUT2D eigenvalue weighted by atomic mass is 9.61. The van der Waals surface area contributed by atoms with Crippen molar-refractivity contribution >= 4 is 28.5 Å². The van der Waals surface area contributed by atoms with E-state index in [-0.39, 0.29) is 17.9 Å². The number of anilines is 2. The minimum atomic E-state index is -0.746. The summed E-state index contributed by atoms with van der Waals surface area (Å²) < 4.78 is 14.2. The number of carbonyl (C=O) groups is 1. The van der Waals surface area contributed by atoms with Gasteiger partial charge in [-0.3, -0.25) is 4.79 Å². The van der Waals surface area contributed by atoms with Gasteiger partial charge in [-0.15, -0.1) is 0 Å². The highest BCUT2D eigenvalue weighted by Crippen LogP contribution is 2.46. The van der Waals surface area contributed by atoms with Crippen LogP contribution in [-0.2, 0) is 4.79 Å². The van der Waals surface area contributed by atoms with Crippen LogP contribution >= 0.6 is 0 Å². The molecule has 3 saturated carbocycles. The van der Waals surface area contributed by atoms with Gasteiger partial charge in [-0.05, 0) is 62.8 Å². The van der Waals surface area contributed by atoms with Gasteiger partial charge in [-0.1, -0.05) is 12.1 Å². The van der Waals surface area contributed by atoms with Gasteiger partial charge in [0.15, 0.2) is 5.82 Å². The summed E-state index contributed by atoms with van der Waals surface area (Å²) in [7, 11) is 2.15. The Morgan fingerprint density at radius 1 is 1.02 bits per heavy atom. The fraction of sp³-hybridized carbons (Fsp3) is 0.419. The molecular formula is C31H34FN7O2. The first-order valence-electron chi connectivity index (χ1n) is 14.5. The highest BCUT2D eigenvalue weighted by atomic mass is 19.1. The number of pyridine rings is 1. The molecule has 9 nitrogen and oxygen atoms in total. The molecule has 1 aliphatic heterocycles. The van der Waals surface area contributed by atoms with Crippen LogP contribution in [0.4, 0.5) is 15.9 Å². The maximum absolute atomic E-state index is 14.2. The number of nitrogens with zero attached hydrogens (tertiary/aromatic N) is 5. The number of aromatic nitrogens is 4. The van der Waals surface area contributed by atoms with E-state index in [1.165, 1.54) is 18.0 Å². The molecule has 8 rings (SSSR count). The summed E-state index contributed by atoms with van der Waals surface area (Å²) in [5.74, 6) is -0.148. The molecule has 212 valence electrons. The van der Waals surface area contributed by atoms with Crippen LogP contribution in [0.1, 0.15) is 25.7 Å². The molecule has 2 atom stereocenters. The molecule has 4 fully saturated rings. The SMILES string of the molecule is CN1CCN(c2ccc(-c3cc(NC4C5CCC(CC5)C4C(=O)O)nc(-c4c[nH]c5ncc(F)cc45)n3)cc2)CC1. The highest BCUT2D eigenvalue weighted by Gasteiger charge is 2.47. The van der Waals surface area contributed by atoms with Crippen LogP contribution in [0.3, 0.4) is 0 Å². The molecule has 1 aromatic carbocycles. The van der Waals surface area contributed by atoms with Gasteiger partial charge in [0.25, 0.3) is 0 Å². The van der Waals surface area contributed by atoms with Crippen LogP contribution < -0.4 is 10.2 Å². The largest absolute Gasteiger partial charge is 0.481 e. The number of nitrogens with one attached hydrogen (secondary N) is 2. The van der Waals surface area contributed by atoms with Crippen LogP contribution in [0.25, 0.3) is 33.7 Å². The molecule has 4 aliphatic rings. The van der Waals surface area contributed by atoms with Crippen LogP contribution in [0.2, 0.25) is 0 Å². The van der Waals surface area contributed by atoms with E-state index in [4.69, 9.17) is 9.97 Å². The zero-order valence-electron chi connectivity index (χ0n) is 23.1. The lowest BCUT2D eigenvalue weighted by molar-refractivity contribution is -0.148. The van der Waals surface area contributed by atoms with E-state index in [1.54, 1.807) is 6.20 Å². The van der Waals surface area contributed by atoms with E-state index in [9.17, 15) is 14.3 Å². The number of rotatable bonds is 6. The van der Waals surface area contributed by atoms with E-state index in [2.05, 4.69) is 56.4 Å². The molecule has 2 unspecified atom stereocenters. The zero-order chi connectivity index (χ0) is 28.1. The van der Waals surface area contributed by atoms with Crippen LogP contribution in [0.5, 0.6) is 0 Å². The lowest BCUT2D eigenvalue weighted by Crippen LogP contribution is -2.51. The standard InChI is InChI=1S/C31H34FN7O2/c1-38-10-12-39(13-11-38)22-8-6-18(7-9-22)25-15-26(36-28-20-4-2-19(3-5-20)27(28)31(40)41)37-30(35-25)24-17-34-29-23(24)14-21(32)16-33-29/h6-9,14-17,19-20,27-28H,2-5,10-13H2,1H3,(H,33,34)(H,40,41)(H,35,36,37). The Morgan fingerprint density at radius 2 is 1.76 bits per heavy atom. The number of carboxylic acid groups (broad SMARTS) is 1. The number of H-pyrrole nitrogens is 1. The van der Waals surface area contributed by atoms with Crippen molar-refractivity contribution in [3.05, 3.63) is 54.6 Å². The first kappa shape index (κ1) is 25.9. The second kappa shape index (κ2) is 10.4. The average Bonchev–Trinajstić information content (AvgIpc) is 3.41. The highest BCUT2D eigenvalue weighted by molar-refractivity contribution is 5.92. The summed E-state index contributed by atoms with van der Waals surface area (Å²) in [5.41, 5.74) is 4.02. The molecular weight excluding hydrogens is 521 g/mol. The summed E-state index contributed by atoms with van der Waals surface area (Å²) in [6.07, 6.45) is 6.91. The smallest absolute Gasteiger partial charge is 0.308 e. The molecule has 3 aromatic heterocycles. The van der Waals surface area contributed by atoms with Gasteiger partial charge in [0, 0.05) is 66.7 Å². The lowest BCUT2D eigenvalue weighted by Gasteiger charge is -2.47. The number of carboxylic acids is 1. The normalized spacial score (nSPS) is 24.6. The zero-order valence-corrected chi connectivity index (χ0v) is 23.1. The number of halogens is 1. The first-order chi connectivity index (χ1) is 19.9. The van der Waals surface area contributed by atoms with Crippen molar-refractivity contribution in [2.75, 3.05) is 43.4 Å². The Labute approximate surface area is 237 Å². The molecule has 4 aromatic rings. The molecule has 10 heteroatoms. The molecule has 3 N–H and O–H groups in total. The summed E-state index contributed by atoms with van der Waals surface area (Å²) in [4.78, 5) is 34.1. The van der Waals surface area contributed by atoms with Gasteiger partial charge in [0.1, 0.15) is 17.3 Å². The topological polar surface area (TPSA) is 110 Å². The van der Waals surface area contributed by atoms with Crippen molar-refractivity contribution in [3.8, 4) is 22.6 Å². The van der Waals surface area contributed by atoms with Crippen LogP contribution in [-0.4, -0.2) is 75.2 Å². The summed E-state index contributed by atoms with van der Waals surface area (Å²) in [6.45, 7) is 4.04. The Bertz CT molecular complexity index is 1570. The van der Waals surface area contributed by atoms with E-state index < -0.39 is 17.7 Å². The third-order valence-corrected chi connectivity index (χ3v) is 9.32. The number of hydrogen-bond acceptors (Lipinski definition) is 7. The Hall–Kier alpha value is -4.05. The second-order valence-electron chi connectivity index (χ2n) is 11.8. The summed E-state index contributed by atoms with van der Waals surface area (Å²) >= 11 is 0. The number of fused-ring (bicyclic) bond motifs is 4. The fourth-order valence-corrected chi connectivity index (χ4v) is 7.04. The van der Waals surface area contributed by atoms with Gasteiger partial charge in [-0.25, -0.2) is 19.3 Å². The van der Waals surface area contributed by atoms with E-state index >= 15 is 0 Å². The third kappa shape index (κ3) is 4.90. The maximum Gasteiger partial charge on any atom is 0.308 e. The molecule has 3 aliphatic carbocycles. The summed E-state index contributed by atoms with van der Waals surface area (Å²) in [6, 6.07) is 11.5. The van der Waals surface area contributed by atoms with Crippen LogP contribution in [0.15, 0.2) is 48.8 Å². The van der Waals surface area contributed by atoms with Crippen molar-refractivity contribution in [1.29, 1.82) is 0 Å². The van der Waals surface area contributed by atoms with Gasteiger partial charge in [-0.2, -0.15) is 0 Å². The Balaban J connectivity index is 1.27. The number of aromatic amines is 1. The van der Waals surface area contributed by atoms with Gasteiger partial charge in [0.05, 0.1) is 17.8 Å². The molecule has 41 heavy (non-hydrogen) atoms. The molecule has 0 spiro atoms. The first-order valence-corrected chi connectivity index (χ1v) is 14.5. The molecule has 4 heterocycles. The Morgan fingerprint density at radius 3 is 2.49 bits per heavy atom. The summed E-state index contributed by atoms with van der Waals surface area (Å²) in [5, 5.41) is 14.2. The van der Waals surface area contributed by atoms with Crippen molar-refractivity contribution < 1.29 is 14.3 Å². The van der Waals surface area contributed by atoms with Gasteiger partial charge < -0.3 is 25.2 Å². The predicted octanol–water partition coefficient (Wildman–Crippen LogP) is 4.88. The van der Waals surface area contributed by atoms with E-state index in [0.29, 0.717) is 33.9 Å². The monoisotopic (exact) mass is 555 g/mol. The fourth-order valence-electron chi connectivity index (χ4n) is 7.04. The van der Waals surface area contributed by atoms with Gasteiger partial charge in [0.2, 0.25) is 0 Å². The predicted molar refractivity (Wildman–Crippen MR) is 156 cm³/mol. The van der Waals surface area contributed by atoms with Crippen molar-refractivity contribution in [2.24, 2.45) is 17.8 Å². The van der Waals surface area contributed by atoms with Crippen molar-refractivity contribution in [1.82, 2.24) is 24.8 Å². The molecule has 1 saturated heterocycles. The number of hydrogen-bond donors (Lipinski definition) is 3. The van der Waals surface area contributed by atoms with E-state index in [1.807, 2.05) is 6.07 Å². The molecule has 0 radical (unpaired) electrons. The second-order valence-corrected chi connectivity index (χ2v) is 11.8. The molecule has 0 amide bonds. The average molecular weight is 556 g/mol. The number of aliphatic carboxylic acids is 1. The van der Waals surface area contributed by atoms with Gasteiger partial charge >= 0.3 is 5.97 Å². The van der Waals surface area contributed by atoms with Crippen LogP contribution in [0, 0.1) is 23.6 Å². The van der Waals surface area contributed by atoms with Crippen molar-refractivity contribution in [2.45, 2.75) is 31.7 Å². The quantitative estimate of drug-likeness (QED) is 0.309. The number of piperazine rings is 1. The minimum Gasteiger partial charge on any atom is -0.481 e. The molecule has 2 bridgehead atoms. The number of benzene rings is 1. The Kier molecular flexibility index (Phi) is 6.57. The van der Waals surface area contributed by atoms with Crippen molar-refractivity contribution in [3.63, 3.8) is 0 Å². The minimum absolute atomic E-state index is 0.181. The van der Waals surface area contributed by atoms with E-state index in [0.717, 1.165) is 57.4 Å². The maximum atomic E-state index is 14.2. The third-order valence-electron chi connectivity index (χ3n) is 9.32.